The minimum atomic E-state index is -0.497. The van der Waals surface area contributed by atoms with Gasteiger partial charge in [0.15, 0.2) is 11.0 Å². The Morgan fingerprint density at radius 3 is 2.79 bits per heavy atom. The highest BCUT2D eigenvalue weighted by molar-refractivity contribution is 7.99. The molecule has 0 aliphatic heterocycles. The number of amides is 1. The molecule has 2 aromatic heterocycles. The van der Waals surface area contributed by atoms with E-state index in [1.807, 2.05) is 16.7 Å². The molecule has 0 aliphatic carbocycles. The second-order valence-corrected chi connectivity index (χ2v) is 5.53. The molecule has 1 N–H and O–H groups in total. The van der Waals surface area contributed by atoms with Crippen LogP contribution in [0.4, 0.5) is 0 Å². The summed E-state index contributed by atoms with van der Waals surface area (Å²) in [6.07, 6.45) is 5.08. The van der Waals surface area contributed by atoms with Crippen LogP contribution in [0.3, 0.4) is 0 Å². The van der Waals surface area contributed by atoms with Gasteiger partial charge < -0.3 is 10.1 Å². The molecule has 8 nitrogen and oxygen atoms in total. The highest BCUT2D eigenvalue weighted by Gasteiger charge is 2.15. The topological polar surface area (TPSA) is 99.0 Å². The summed E-state index contributed by atoms with van der Waals surface area (Å²) in [5.74, 6) is 0.00438. The smallest absolute Gasteiger partial charge is 0.325 e. The Morgan fingerprint density at radius 1 is 1.38 bits per heavy atom. The Labute approximate surface area is 143 Å². The first-order chi connectivity index (χ1) is 11.7. The fraction of sp³-hybridized carbons (Fsp3) is 0.267. The van der Waals surface area contributed by atoms with Gasteiger partial charge in [0, 0.05) is 24.5 Å². The molecule has 0 bridgehead atoms. The van der Waals surface area contributed by atoms with Crippen molar-refractivity contribution in [2.24, 2.45) is 0 Å². The van der Waals surface area contributed by atoms with E-state index in [-0.39, 0.29) is 18.2 Å². The summed E-state index contributed by atoms with van der Waals surface area (Å²) < 4.78 is 6.33. The molecule has 126 valence electrons. The molecule has 0 fully saturated rings. The first kappa shape index (κ1) is 17.7. The summed E-state index contributed by atoms with van der Waals surface area (Å²) in [7, 11) is 1.27. The fourth-order valence-corrected chi connectivity index (χ4v) is 2.61. The molecule has 0 aromatic carbocycles. The minimum Gasteiger partial charge on any atom is -0.468 e. The Balaban J connectivity index is 2.05. The lowest BCUT2D eigenvalue weighted by molar-refractivity contribution is -0.140. The number of methoxy groups -OCH3 is 1. The van der Waals surface area contributed by atoms with Crippen molar-refractivity contribution in [3.8, 4) is 11.4 Å². The van der Waals surface area contributed by atoms with Crippen molar-refractivity contribution in [3.63, 3.8) is 0 Å². The molecule has 2 rings (SSSR count). The van der Waals surface area contributed by atoms with Crippen LogP contribution in [0.5, 0.6) is 0 Å². The largest absolute Gasteiger partial charge is 0.468 e. The maximum Gasteiger partial charge on any atom is 0.325 e. The minimum absolute atomic E-state index is 0.114. The average Bonchev–Trinajstić information content (AvgIpc) is 3.01. The van der Waals surface area contributed by atoms with Crippen LogP contribution < -0.4 is 5.32 Å². The van der Waals surface area contributed by atoms with Gasteiger partial charge in [-0.15, -0.1) is 16.8 Å². The van der Waals surface area contributed by atoms with Gasteiger partial charge in [0.2, 0.25) is 5.91 Å². The van der Waals surface area contributed by atoms with Gasteiger partial charge in [0.25, 0.3) is 0 Å². The van der Waals surface area contributed by atoms with Crippen LogP contribution >= 0.6 is 11.8 Å². The summed E-state index contributed by atoms with van der Waals surface area (Å²) in [6, 6.07) is 3.67. The second-order valence-electron chi connectivity index (χ2n) is 4.58. The number of allylic oxidation sites excluding steroid dienone is 1. The van der Waals surface area contributed by atoms with Crippen LogP contribution in [0.25, 0.3) is 11.4 Å². The third-order valence-electron chi connectivity index (χ3n) is 2.96. The number of ether oxygens (including phenoxy) is 1. The van der Waals surface area contributed by atoms with E-state index in [0.29, 0.717) is 17.5 Å². The zero-order valence-electron chi connectivity index (χ0n) is 13.1. The number of pyridine rings is 1. The van der Waals surface area contributed by atoms with Crippen LogP contribution in [0.2, 0.25) is 0 Å². The quantitative estimate of drug-likeness (QED) is 0.430. The van der Waals surface area contributed by atoms with Gasteiger partial charge in [-0.05, 0) is 12.1 Å². The van der Waals surface area contributed by atoms with Crippen LogP contribution in [0.1, 0.15) is 0 Å². The van der Waals surface area contributed by atoms with Crippen LogP contribution in [0, 0.1) is 0 Å². The van der Waals surface area contributed by atoms with Crippen LogP contribution in [0.15, 0.2) is 42.3 Å². The Kier molecular flexibility index (Phi) is 6.50. The highest BCUT2D eigenvalue weighted by atomic mass is 32.2. The van der Waals surface area contributed by atoms with Crippen LogP contribution in [-0.4, -0.2) is 51.0 Å². The lowest BCUT2D eigenvalue weighted by atomic mass is 10.2. The molecule has 0 saturated heterocycles. The molecule has 24 heavy (non-hydrogen) atoms. The van der Waals surface area contributed by atoms with E-state index in [4.69, 9.17) is 0 Å². The Morgan fingerprint density at radius 2 is 2.12 bits per heavy atom. The van der Waals surface area contributed by atoms with Crippen molar-refractivity contribution in [3.05, 3.63) is 37.2 Å². The molecule has 0 unspecified atom stereocenters. The van der Waals surface area contributed by atoms with E-state index < -0.39 is 5.97 Å². The number of hydrogen-bond acceptors (Lipinski definition) is 7. The number of carbonyl (C=O) groups excluding carboxylic acids is 2. The maximum absolute atomic E-state index is 11.8. The monoisotopic (exact) mass is 347 g/mol. The molecule has 2 aromatic rings. The predicted molar refractivity (Wildman–Crippen MR) is 89.2 cm³/mol. The van der Waals surface area contributed by atoms with Gasteiger partial charge in [-0.25, -0.2) is 0 Å². The molecule has 0 radical (unpaired) electrons. The molecule has 9 heteroatoms. The first-order valence-corrected chi connectivity index (χ1v) is 8.05. The van der Waals surface area contributed by atoms with Crippen molar-refractivity contribution in [2.45, 2.75) is 11.7 Å². The average molecular weight is 347 g/mol. The van der Waals surface area contributed by atoms with E-state index in [2.05, 4.69) is 31.8 Å². The molecule has 2 heterocycles. The number of thioether (sulfide) groups is 1. The zero-order valence-corrected chi connectivity index (χ0v) is 14.0. The number of rotatable bonds is 8. The second kappa shape index (κ2) is 8.82. The lowest BCUT2D eigenvalue weighted by Crippen LogP contribution is -2.31. The fourth-order valence-electron chi connectivity index (χ4n) is 1.83. The molecule has 0 spiro atoms. The zero-order chi connectivity index (χ0) is 17.4. The van der Waals surface area contributed by atoms with Crippen molar-refractivity contribution in [1.82, 2.24) is 25.1 Å². The summed E-state index contributed by atoms with van der Waals surface area (Å²) in [5.41, 5.74) is 0.876. The molecular weight excluding hydrogens is 330 g/mol. The Hall–Kier alpha value is -2.68. The number of nitrogens with one attached hydrogen (secondary N) is 1. The number of hydrogen-bond donors (Lipinski definition) is 1. The first-order valence-electron chi connectivity index (χ1n) is 7.06. The summed E-state index contributed by atoms with van der Waals surface area (Å²) >= 11 is 1.23. The van der Waals surface area contributed by atoms with Crippen molar-refractivity contribution in [2.75, 3.05) is 19.4 Å². The lowest BCUT2D eigenvalue weighted by Gasteiger charge is -2.07. The van der Waals surface area contributed by atoms with Gasteiger partial charge in [0.1, 0.15) is 6.54 Å². The predicted octanol–water partition coefficient (Wildman–Crippen LogP) is 0.907. The Bertz CT molecular complexity index is 717. The third-order valence-corrected chi connectivity index (χ3v) is 3.92. The molecule has 0 aliphatic rings. The summed E-state index contributed by atoms with van der Waals surface area (Å²) in [6.45, 7) is 4.09. The van der Waals surface area contributed by atoms with Gasteiger partial charge in [0.05, 0.1) is 12.9 Å². The van der Waals surface area contributed by atoms with Crippen molar-refractivity contribution >= 4 is 23.6 Å². The van der Waals surface area contributed by atoms with Crippen LogP contribution in [-0.2, 0) is 20.9 Å². The highest BCUT2D eigenvalue weighted by Crippen LogP contribution is 2.23. The van der Waals surface area contributed by atoms with Crippen molar-refractivity contribution in [1.29, 1.82) is 0 Å². The number of aromatic nitrogens is 4. The number of esters is 1. The number of nitrogens with zero attached hydrogens (tertiary/aromatic N) is 4. The van der Waals surface area contributed by atoms with E-state index in [0.717, 1.165) is 5.56 Å². The van der Waals surface area contributed by atoms with Gasteiger partial charge in [-0.1, -0.05) is 17.8 Å². The van der Waals surface area contributed by atoms with E-state index in [1.165, 1.54) is 18.9 Å². The summed E-state index contributed by atoms with van der Waals surface area (Å²) in [5, 5.41) is 11.4. The molecule has 1 amide bonds. The van der Waals surface area contributed by atoms with E-state index in [1.54, 1.807) is 18.5 Å². The third kappa shape index (κ3) is 4.66. The molecular formula is C15H17N5O3S. The molecule has 0 atom stereocenters. The van der Waals surface area contributed by atoms with E-state index >= 15 is 0 Å². The standard InChI is InChI=1S/C15H17N5O3S/c1-3-8-20-14(11-4-6-16-7-5-11)18-19-15(20)24-10-12(21)17-9-13(22)23-2/h3-7H,1,8-10H2,2H3,(H,17,21). The molecule has 0 saturated carbocycles. The van der Waals surface area contributed by atoms with E-state index in [9.17, 15) is 9.59 Å². The SMILES string of the molecule is C=CCn1c(SCC(=O)NCC(=O)OC)nnc1-c1ccncc1. The van der Waals surface area contributed by atoms with Gasteiger partial charge in [-0.3, -0.25) is 19.1 Å². The number of carbonyl (C=O) groups is 2. The summed E-state index contributed by atoms with van der Waals surface area (Å²) in [4.78, 5) is 26.7. The van der Waals surface area contributed by atoms with Crippen molar-refractivity contribution < 1.29 is 14.3 Å². The van der Waals surface area contributed by atoms with Gasteiger partial charge >= 0.3 is 5.97 Å². The van der Waals surface area contributed by atoms with Gasteiger partial charge in [-0.2, -0.15) is 0 Å². The maximum atomic E-state index is 11.8. The normalized spacial score (nSPS) is 10.2.